The second-order valence-corrected chi connectivity index (χ2v) is 6.25. The summed E-state index contributed by atoms with van der Waals surface area (Å²) in [4.78, 5) is 16.7. The van der Waals surface area contributed by atoms with E-state index in [9.17, 15) is 13.6 Å². The average molecular weight is 357 g/mol. The normalized spacial score (nSPS) is 18.8. The minimum Gasteiger partial charge on any atom is -0.490 e. The summed E-state index contributed by atoms with van der Waals surface area (Å²) in [7, 11) is 0. The number of para-hydroxylation sites is 1. The largest absolute Gasteiger partial charge is 0.490 e. The van der Waals surface area contributed by atoms with Gasteiger partial charge in [-0.3, -0.25) is 9.20 Å². The standard InChI is InChI=1S/C19H17F2N3O2/c20-7-8-26-15-4-2-1-3-12(15)11-5-6-16-23-19(22)17(24(16)10-11)18(25)13-9-14(13)21/h1-6,10,13-14H,7-9,22H2/t13-,14+/m1/s1. The fourth-order valence-electron chi connectivity index (χ4n) is 3.06. The Morgan fingerprint density at radius 1 is 1.31 bits per heavy atom. The lowest BCUT2D eigenvalue weighted by molar-refractivity contribution is 0.0952. The molecule has 0 aliphatic heterocycles. The van der Waals surface area contributed by atoms with E-state index in [4.69, 9.17) is 10.5 Å². The van der Waals surface area contributed by atoms with Gasteiger partial charge in [0.05, 0.1) is 5.92 Å². The lowest BCUT2D eigenvalue weighted by Gasteiger charge is -2.11. The van der Waals surface area contributed by atoms with Crippen molar-refractivity contribution in [2.24, 2.45) is 5.92 Å². The SMILES string of the molecule is Nc1nc2ccc(-c3ccccc3OCCF)cn2c1C(=O)[C@@H]1C[C@@H]1F. The Morgan fingerprint density at radius 2 is 2.08 bits per heavy atom. The van der Waals surface area contributed by atoms with Crippen LogP contribution in [0, 0.1) is 5.92 Å². The molecule has 1 fully saturated rings. The zero-order chi connectivity index (χ0) is 18.3. The van der Waals surface area contributed by atoms with Gasteiger partial charge in [-0.2, -0.15) is 0 Å². The van der Waals surface area contributed by atoms with E-state index in [2.05, 4.69) is 4.98 Å². The number of fused-ring (bicyclic) bond motifs is 1. The monoisotopic (exact) mass is 357 g/mol. The van der Waals surface area contributed by atoms with E-state index in [0.29, 0.717) is 11.4 Å². The number of pyridine rings is 1. The van der Waals surface area contributed by atoms with E-state index in [1.165, 1.54) is 0 Å². The summed E-state index contributed by atoms with van der Waals surface area (Å²) in [5.74, 6) is -0.340. The maximum Gasteiger partial charge on any atom is 0.189 e. The topological polar surface area (TPSA) is 69.6 Å². The van der Waals surface area contributed by atoms with Gasteiger partial charge in [0, 0.05) is 17.3 Å². The molecule has 26 heavy (non-hydrogen) atoms. The number of rotatable bonds is 6. The third-order valence-corrected chi connectivity index (χ3v) is 4.46. The highest BCUT2D eigenvalue weighted by Crippen LogP contribution is 2.38. The van der Waals surface area contributed by atoms with Crippen LogP contribution < -0.4 is 10.5 Å². The molecule has 0 unspecified atom stereocenters. The third-order valence-electron chi connectivity index (χ3n) is 4.46. The van der Waals surface area contributed by atoms with Crippen molar-refractivity contribution in [3.8, 4) is 16.9 Å². The molecule has 1 aliphatic rings. The number of hydrogen-bond acceptors (Lipinski definition) is 4. The number of hydrogen-bond donors (Lipinski definition) is 1. The Bertz CT molecular complexity index is 986. The number of alkyl halides is 2. The number of nitrogen functional groups attached to an aromatic ring is 1. The summed E-state index contributed by atoms with van der Waals surface area (Å²) >= 11 is 0. The molecule has 134 valence electrons. The van der Waals surface area contributed by atoms with E-state index in [1.54, 1.807) is 28.8 Å². The molecule has 7 heteroatoms. The van der Waals surface area contributed by atoms with Crippen LogP contribution in [0.2, 0.25) is 0 Å². The minimum absolute atomic E-state index is 0.0411. The van der Waals surface area contributed by atoms with Crippen LogP contribution in [-0.2, 0) is 0 Å². The highest BCUT2D eigenvalue weighted by Gasteiger charge is 2.45. The number of nitrogens with zero attached hydrogens (tertiary/aromatic N) is 2. The van der Waals surface area contributed by atoms with Gasteiger partial charge >= 0.3 is 0 Å². The number of imidazole rings is 1. The highest BCUT2D eigenvalue weighted by molar-refractivity contribution is 6.03. The Labute approximate surface area is 148 Å². The Morgan fingerprint density at radius 3 is 2.81 bits per heavy atom. The molecular formula is C19H17F2N3O2. The smallest absolute Gasteiger partial charge is 0.189 e. The molecule has 1 saturated carbocycles. The van der Waals surface area contributed by atoms with Crippen LogP contribution in [0.25, 0.3) is 16.8 Å². The molecule has 2 aromatic heterocycles. The lowest BCUT2D eigenvalue weighted by Crippen LogP contribution is -2.10. The fraction of sp³-hybridized carbons (Fsp3) is 0.263. The summed E-state index contributed by atoms with van der Waals surface area (Å²) in [6, 6.07) is 10.8. The van der Waals surface area contributed by atoms with Crippen molar-refractivity contribution in [2.45, 2.75) is 12.6 Å². The predicted molar refractivity (Wildman–Crippen MR) is 93.8 cm³/mol. The van der Waals surface area contributed by atoms with Crippen LogP contribution in [0.3, 0.4) is 0 Å². The number of carbonyl (C=O) groups excluding carboxylic acids is 1. The van der Waals surface area contributed by atoms with Crippen molar-refractivity contribution in [1.29, 1.82) is 0 Å². The van der Waals surface area contributed by atoms with Crippen molar-refractivity contribution in [1.82, 2.24) is 9.38 Å². The highest BCUT2D eigenvalue weighted by atomic mass is 19.1. The molecule has 0 saturated heterocycles. The molecule has 0 amide bonds. The van der Waals surface area contributed by atoms with E-state index >= 15 is 0 Å². The zero-order valence-corrected chi connectivity index (χ0v) is 13.9. The molecule has 0 radical (unpaired) electrons. The van der Waals surface area contributed by atoms with Gasteiger partial charge in [-0.05, 0) is 24.6 Å². The van der Waals surface area contributed by atoms with E-state index in [1.807, 2.05) is 18.2 Å². The molecule has 2 atom stereocenters. The first kappa shape index (κ1) is 16.5. The van der Waals surface area contributed by atoms with Crippen LogP contribution >= 0.6 is 0 Å². The van der Waals surface area contributed by atoms with Gasteiger partial charge in [0.2, 0.25) is 0 Å². The minimum atomic E-state index is -1.11. The molecule has 1 aromatic carbocycles. The molecular weight excluding hydrogens is 340 g/mol. The van der Waals surface area contributed by atoms with Crippen LogP contribution in [0.4, 0.5) is 14.6 Å². The average Bonchev–Trinajstić information content (AvgIpc) is 3.28. The number of anilines is 1. The van der Waals surface area contributed by atoms with Crippen molar-refractivity contribution in [3.05, 3.63) is 48.3 Å². The summed E-state index contributed by atoms with van der Waals surface area (Å²) in [5.41, 5.74) is 8.13. The molecule has 0 spiro atoms. The first-order valence-corrected chi connectivity index (χ1v) is 8.34. The first-order chi connectivity index (χ1) is 12.6. The van der Waals surface area contributed by atoms with Crippen molar-refractivity contribution >= 4 is 17.2 Å². The van der Waals surface area contributed by atoms with Gasteiger partial charge in [-0.25, -0.2) is 13.8 Å². The maximum absolute atomic E-state index is 13.3. The molecule has 4 rings (SSSR count). The lowest BCUT2D eigenvalue weighted by atomic mass is 10.1. The van der Waals surface area contributed by atoms with Gasteiger partial charge in [0.15, 0.2) is 11.6 Å². The van der Waals surface area contributed by atoms with Gasteiger partial charge < -0.3 is 10.5 Å². The Kier molecular flexibility index (Phi) is 4.06. The Hall–Kier alpha value is -2.96. The number of carbonyl (C=O) groups is 1. The van der Waals surface area contributed by atoms with Gasteiger partial charge in [-0.15, -0.1) is 0 Å². The predicted octanol–water partition coefficient (Wildman–Crippen LogP) is 3.47. The summed E-state index contributed by atoms with van der Waals surface area (Å²) in [6.07, 6.45) is 0.843. The summed E-state index contributed by atoms with van der Waals surface area (Å²) in [5, 5.41) is 0. The number of ketones is 1. The molecule has 1 aliphatic carbocycles. The molecule has 0 bridgehead atoms. The van der Waals surface area contributed by atoms with E-state index in [-0.39, 0.29) is 30.3 Å². The number of halogens is 2. The van der Waals surface area contributed by atoms with E-state index in [0.717, 1.165) is 11.1 Å². The van der Waals surface area contributed by atoms with Crippen LogP contribution in [0.1, 0.15) is 16.9 Å². The number of nitrogens with two attached hydrogens (primary N) is 1. The molecule has 2 heterocycles. The third kappa shape index (κ3) is 2.79. The van der Waals surface area contributed by atoms with E-state index < -0.39 is 18.8 Å². The second-order valence-electron chi connectivity index (χ2n) is 6.25. The number of ether oxygens (including phenoxy) is 1. The molecule has 2 N–H and O–H groups in total. The maximum atomic E-state index is 13.3. The zero-order valence-electron chi connectivity index (χ0n) is 13.9. The van der Waals surface area contributed by atoms with Gasteiger partial charge in [0.1, 0.15) is 36.5 Å². The van der Waals surface area contributed by atoms with Crippen LogP contribution in [0.5, 0.6) is 5.75 Å². The number of benzene rings is 1. The van der Waals surface area contributed by atoms with Crippen LogP contribution in [0.15, 0.2) is 42.6 Å². The number of aromatic nitrogens is 2. The summed E-state index contributed by atoms with van der Waals surface area (Å²) in [6.45, 7) is -0.629. The van der Waals surface area contributed by atoms with Crippen molar-refractivity contribution < 1.29 is 18.3 Å². The molecule has 3 aromatic rings. The van der Waals surface area contributed by atoms with Crippen molar-refractivity contribution in [3.63, 3.8) is 0 Å². The van der Waals surface area contributed by atoms with Crippen LogP contribution in [-0.4, -0.2) is 34.6 Å². The van der Waals surface area contributed by atoms with Crippen molar-refractivity contribution in [2.75, 3.05) is 19.0 Å². The van der Waals surface area contributed by atoms with Gasteiger partial charge in [-0.1, -0.05) is 18.2 Å². The number of Topliss-reactive ketones (excluding diaryl/α,β-unsaturated/α-hetero) is 1. The Balaban J connectivity index is 1.80. The summed E-state index contributed by atoms with van der Waals surface area (Å²) < 4.78 is 32.8. The quantitative estimate of drug-likeness (QED) is 0.686. The second kappa shape index (κ2) is 6.40. The fourth-order valence-corrected chi connectivity index (χ4v) is 3.06. The van der Waals surface area contributed by atoms with Gasteiger partial charge in [0.25, 0.3) is 0 Å². The first-order valence-electron chi connectivity index (χ1n) is 8.34. The molecule has 5 nitrogen and oxygen atoms in total.